The smallest absolute Gasteiger partial charge is 0.272 e. The maximum atomic E-state index is 13.8. The van der Waals surface area contributed by atoms with Gasteiger partial charge < -0.3 is 20.7 Å². The van der Waals surface area contributed by atoms with Gasteiger partial charge in [-0.1, -0.05) is 85.0 Å². The van der Waals surface area contributed by atoms with Crippen molar-refractivity contribution >= 4 is 78.7 Å². The fourth-order valence-corrected chi connectivity index (χ4v) is 7.12. The number of rotatable bonds is 12. The maximum absolute atomic E-state index is 13.8. The van der Waals surface area contributed by atoms with Crippen molar-refractivity contribution in [3.63, 3.8) is 0 Å². The minimum Gasteiger partial charge on any atom is -0.494 e. The molecule has 1 heterocycles. The number of fused-ring (bicyclic) bond motifs is 2. The van der Waals surface area contributed by atoms with E-state index in [0.717, 1.165) is 37.2 Å². The summed E-state index contributed by atoms with van der Waals surface area (Å²) < 4.78 is 6.52. The van der Waals surface area contributed by atoms with Crippen LogP contribution in [0, 0.1) is 0 Å². The molecule has 0 aliphatic carbocycles. The molecule has 6 rings (SSSR count). The Labute approximate surface area is 292 Å². The van der Waals surface area contributed by atoms with Crippen molar-refractivity contribution in [1.82, 2.24) is 10.3 Å². The van der Waals surface area contributed by atoms with E-state index in [1.54, 1.807) is 36.4 Å². The quantitative estimate of drug-likeness (QED) is 0.0878. The van der Waals surface area contributed by atoms with Crippen LogP contribution in [0.25, 0.3) is 27.1 Å². The molecule has 6 aromatic rings. The van der Waals surface area contributed by atoms with Gasteiger partial charge in [0.2, 0.25) is 5.91 Å². The topological polar surface area (TPSA) is 109 Å². The van der Waals surface area contributed by atoms with Crippen molar-refractivity contribution in [1.29, 1.82) is 0 Å². The number of amides is 3. The molecule has 0 bridgehead atoms. The van der Waals surface area contributed by atoms with Crippen molar-refractivity contribution in [2.24, 2.45) is 0 Å². The van der Waals surface area contributed by atoms with E-state index in [-0.39, 0.29) is 11.6 Å². The monoisotopic (exact) mass is 686 g/mol. The summed E-state index contributed by atoms with van der Waals surface area (Å²) in [4.78, 5) is 45.6. The Kier molecular flexibility index (Phi) is 10.7. The number of thiazole rings is 1. The van der Waals surface area contributed by atoms with Gasteiger partial charge in [-0.25, -0.2) is 4.98 Å². The normalized spacial score (nSPS) is 12.0. The van der Waals surface area contributed by atoms with Gasteiger partial charge in [-0.3, -0.25) is 14.4 Å². The van der Waals surface area contributed by atoms with Crippen LogP contribution in [0.2, 0.25) is 0 Å². The number of hydrogen-bond donors (Lipinski definition) is 3. The third-order valence-electron chi connectivity index (χ3n) is 7.59. The molecule has 5 aromatic carbocycles. The first-order valence-corrected chi connectivity index (χ1v) is 17.6. The third kappa shape index (κ3) is 8.35. The van der Waals surface area contributed by atoms with Crippen LogP contribution in [0.3, 0.4) is 0 Å². The van der Waals surface area contributed by atoms with Gasteiger partial charge in [0.1, 0.15) is 11.4 Å². The molecule has 0 saturated carbocycles. The van der Waals surface area contributed by atoms with Gasteiger partial charge in [-0.2, -0.15) is 0 Å². The summed E-state index contributed by atoms with van der Waals surface area (Å²) in [5.74, 6) is -0.270. The first-order chi connectivity index (χ1) is 23.9. The van der Waals surface area contributed by atoms with Gasteiger partial charge >= 0.3 is 0 Å². The lowest BCUT2D eigenvalue weighted by atomic mass is 10.0. The zero-order chi connectivity index (χ0) is 34.2. The number of benzene rings is 5. The average Bonchev–Trinajstić information content (AvgIpc) is 3.52. The average molecular weight is 687 g/mol. The van der Waals surface area contributed by atoms with Crippen LogP contribution in [-0.2, 0) is 9.59 Å². The van der Waals surface area contributed by atoms with Crippen LogP contribution in [-0.4, -0.2) is 34.6 Å². The molecule has 3 N–H and O–H groups in total. The molecule has 10 heteroatoms. The fourth-order valence-electron chi connectivity index (χ4n) is 5.21. The van der Waals surface area contributed by atoms with Crippen LogP contribution in [0.4, 0.5) is 10.8 Å². The van der Waals surface area contributed by atoms with Crippen molar-refractivity contribution in [2.45, 2.75) is 30.4 Å². The van der Waals surface area contributed by atoms with Gasteiger partial charge in [-0.15, -0.1) is 11.8 Å². The molecule has 8 nitrogen and oxygen atoms in total. The highest BCUT2D eigenvalue weighted by Crippen LogP contribution is 2.32. The van der Waals surface area contributed by atoms with Crippen molar-refractivity contribution in [3.8, 4) is 5.75 Å². The van der Waals surface area contributed by atoms with E-state index in [2.05, 4.69) is 20.9 Å². The van der Waals surface area contributed by atoms with Crippen molar-refractivity contribution in [2.75, 3.05) is 17.2 Å². The number of carbonyl (C=O) groups excluding carboxylic acids is 3. The summed E-state index contributed by atoms with van der Waals surface area (Å²) in [6.45, 7) is 4.46. The molecule has 1 unspecified atom stereocenters. The number of nitrogens with one attached hydrogen (secondary N) is 3. The second-order valence-corrected chi connectivity index (χ2v) is 13.3. The van der Waals surface area contributed by atoms with Gasteiger partial charge in [0, 0.05) is 16.1 Å². The predicted octanol–water partition coefficient (Wildman–Crippen LogP) is 8.77. The molecule has 0 fully saturated rings. The second kappa shape index (κ2) is 15.6. The summed E-state index contributed by atoms with van der Waals surface area (Å²) >= 11 is 2.80. The van der Waals surface area contributed by atoms with E-state index < -0.39 is 17.1 Å². The number of thioether (sulfide) groups is 1. The number of aromatic nitrogens is 1. The molecule has 49 heavy (non-hydrogen) atoms. The number of carbonyl (C=O) groups is 3. The minimum absolute atomic E-state index is 0.0956. The Bertz CT molecular complexity index is 2160. The SMILES string of the molecule is CCOc1ccc2nc(NC(=O)C(CC)Sc3cccc(NC(=O)/C(=C\c4cccc5ccccc45)NC(=O)c4ccccc4)c3)sc2c1. The summed E-state index contributed by atoms with van der Waals surface area (Å²) in [6, 6.07) is 35.4. The van der Waals surface area contributed by atoms with Crippen LogP contribution >= 0.6 is 23.1 Å². The zero-order valence-electron chi connectivity index (χ0n) is 26.9. The molecule has 0 aliphatic heterocycles. The number of nitrogens with zero attached hydrogens (tertiary/aromatic N) is 1. The molecule has 3 amide bonds. The molecule has 1 atom stereocenters. The Morgan fingerprint density at radius 1 is 0.857 bits per heavy atom. The highest BCUT2D eigenvalue weighted by molar-refractivity contribution is 8.00. The summed E-state index contributed by atoms with van der Waals surface area (Å²) in [6.07, 6.45) is 2.27. The first kappa shape index (κ1) is 33.5. The lowest BCUT2D eigenvalue weighted by Crippen LogP contribution is -2.30. The lowest BCUT2D eigenvalue weighted by Gasteiger charge is -2.15. The second-order valence-electron chi connectivity index (χ2n) is 11.0. The maximum Gasteiger partial charge on any atom is 0.272 e. The standard InChI is InChI=1S/C39H34N4O4S2/c1-3-34(38(46)43-39-42-32-21-20-29(47-4-2)24-35(32)49-39)48-30-18-11-17-28(23-30)40-37(45)33(41-36(44)26-13-6-5-7-14-26)22-27-16-10-15-25-12-8-9-19-31(25)27/h5-24,34H,3-4H2,1-2H3,(H,40,45)(H,41,44)(H,42,43,46)/b33-22+. The minimum atomic E-state index is -0.479. The van der Waals surface area contributed by atoms with Crippen molar-refractivity contribution < 1.29 is 19.1 Å². The molecule has 1 aromatic heterocycles. The third-order valence-corrected chi connectivity index (χ3v) is 9.88. The van der Waals surface area contributed by atoms with Gasteiger partial charge in [0.15, 0.2) is 5.13 Å². The zero-order valence-corrected chi connectivity index (χ0v) is 28.6. The largest absolute Gasteiger partial charge is 0.494 e. The molecule has 0 spiro atoms. The molecule has 0 radical (unpaired) electrons. The van der Waals surface area contributed by atoms with Gasteiger partial charge in [0.05, 0.1) is 22.1 Å². The van der Waals surface area contributed by atoms with Gasteiger partial charge in [0.25, 0.3) is 11.8 Å². The number of hydrogen-bond acceptors (Lipinski definition) is 7. The number of ether oxygens (including phenoxy) is 1. The van der Waals surface area contributed by atoms with Crippen LogP contribution in [0.15, 0.2) is 126 Å². The Balaban J connectivity index is 1.19. The summed E-state index contributed by atoms with van der Waals surface area (Å²) in [5.41, 5.74) is 2.64. The van der Waals surface area contributed by atoms with E-state index in [1.807, 2.05) is 98.8 Å². The van der Waals surface area contributed by atoms with Crippen molar-refractivity contribution in [3.05, 3.63) is 132 Å². The lowest BCUT2D eigenvalue weighted by molar-refractivity contribution is -0.116. The van der Waals surface area contributed by atoms with Crippen LogP contribution < -0.4 is 20.7 Å². The fraction of sp³-hybridized carbons (Fsp3) is 0.128. The molecule has 0 aliphatic rings. The molecular weight excluding hydrogens is 653 g/mol. The van der Waals surface area contributed by atoms with E-state index in [0.29, 0.717) is 29.4 Å². The molecule has 246 valence electrons. The van der Waals surface area contributed by atoms with E-state index in [9.17, 15) is 14.4 Å². The van der Waals surface area contributed by atoms with Gasteiger partial charge in [-0.05, 0) is 84.3 Å². The highest BCUT2D eigenvalue weighted by atomic mass is 32.2. The molecular formula is C39H34N4O4S2. The van der Waals surface area contributed by atoms with Crippen LogP contribution in [0.1, 0.15) is 36.2 Å². The summed E-state index contributed by atoms with van der Waals surface area (Å²) in [5, 5.41) is 10.8. The Morgan fingerprint density at radius 3 is 2.45 bits per heavy atom. The van der Waals surface area contributed by atoms with Crippen LogP contribution in [0.5, 0.6) is 5.75 Å². The summed E-state index contributed by atoms with van der Waals surface area (Å²) in [7, 11) is 0. The first-order valence-electron chi connectivity index (χ1n) is 15.9. The van der Waals surface area contributed by atoms with E-state index >= 15 is 0 Å². The Hall–Kier alpha value is -5.45. The predicted molar refractivity (Wildman–Crippen MR) is 200 cm³/mol. The Morgan fingerprint density at radius 2 is 1.63 bits per heavy atom. The number of anilines is 2. The van der Waals surface area contributed by atoms with E-state index in [4.69, 9.17) is 4.74 Å². The molecule has 0 saturated heterocycles. The van der Waals surface area contributed by atoms with E-state index in [1.165, 1.54) is 23.1 Å². The highest BCUT2D eigenvalue weighted by Gasteiger charge is 2.21.